The largest absolute Gasteiger partial charge is 0.460 e. The van der Waals surface area contributed by atoms with E-state index in [1.54, 1.807) is 0 Å². The highest BCUT2D eigenvalue weighted by Gasteiger charge is 2.46. The number of anilines is 1. The molecule has 3 unspecified atom stereocenters. The Hall–Kier alpha value is -6.23. The molecule has 0 bridgehead atoms. The maximum absolute atomic E-state index is 6.75. The topological polar surface area (TPSA) is 28.7 Å². The van der Waals surface area contributed by atoms with E-state index in [0.717, 1.165) is 40.0 Å². The summed E-state index contributed by atoms with van der Waals surface area (Å²) in [4.78, 5) is 7.33. The second-order valence-corrected chi connectivity index (χ2v) is 19.3. The molecule has 2 heterocycles. The van der Waals surface area contributed by atoms with E-state index in [2.05, 4.69) is 189 Å². The Morgan fingerprint density at radius 3 is 2.07 bits per heavy atom. The highest BCUT2D eigenvalue weighted by Crippen LogP contribution is 2.42. The van der Waals surface area contributed by atoms with E-state index in [9.17, 15) is 0 Å². The van der Waals surface area contributed by atoms with Gasteiger partial charge in [-0.15, -0.1) is 0 Å². The van der Waals surface area contributed by atoms with Gasteiger partial charge in [-0.05, 0) is 81.2 Å². The van der Waals surface area contributed by atoms with Crippen LogP contribution in [-0.2, 0) is 6.54 Å². The fraction of sp³-hybridized carbons (Fsp3) is 0.135. The third kappa shape index (κ3) is 6.20. The Balaban J connectivity index is 1.27. The van der Waals surface area contributed by atoms with Crippen LogP contribution in [0, 0.1) is 5.92 Å². The molecule has 3 aliphatic rings. The van der Waals surface area contributed by atoms with E-state index >= 15 is 0 Å². The number of fused-ring (bicyclic) bond motifs is 4. The lowest BCUT2D eigenvalue weighted by molar-refractivity contribution is 0.436. The van der Waals surface area contributed by atoms with Gasteiger partial charge in [-0.25, -0.2) is 0 Å². The minimum atomic E-state index is -2.87. The molecule has 274 valence electrons. The number of benzene rings is 5. The summed E-state index contributed by atoms with van der Waals surface area (Å²) < 4.78 is 6.75. The van der Waals surface area contributed by atoms with E-state index in [4.69, 9.17) is 16.0 Å². The van der Waals surface area contributed by atoms with Crippen molar-refractivity contribution in [2.24, 2.45) is 10.9 Å². The summed E-state index contributed by atoms with van der Waals surface area (Å²) in [5, 5.41) is 6.43. The predicted molar refractivity (Wildman–Crippen MR) is 238 cm³/mol. The standard InChI is InChI=1S/C52H46N2OSi/c1-38-18-16-29-47-48-35-52(3)49(34-50(48)55-51(38)47)39(2)32-46(30-31-54(52)42-22-17-21-41(33-42)37-53-36-40-19-8-4-9-20-40)56(43-23-10-5-11-24-43,44-25-12-6-13-26-44)45-27-14-7-15-28-45/h4-17,19-36,38,49H,2,18,37H2,1,3H3/b31-30-,46-32+,53-36+. The van der Waals surface area contributed by atoms with E-state index in [-0.39, 0.29) is 5.92 Å². The summed E-state index contributed by atoms with van der Waals surface area (Å²) in [6.45, 7) is 10.1. The van der Waals surface area contributed by atoms with Gasteiger partial charge in [-0.1, -0.05) is 165 Å². The van der Waals surface area contributed by atoms with Gasteiger partial charge in [0.05, 0.1) is 12.1 Å². The van der Waals surface area contributed by atoms with Crippen LogP contribution in [0.2, 0.25) is 0 Å². The lowest BCUT2D eigenvalue weighted by atomic mass is 9.75. The smallest absolute Gasteiger partial charge is 0.179 e. The van der Waals surface area contributed by atoms with Gasteiger partial charge in [0.2, 0.25) is 0 Å². The van der Waals surface area contributed by atoms with Crippen LogP contribution in [0.3, 0.4) is 0 Å². The highest BCUT2D eigenvalue weighted by molar-refractivity contribution is 7.16. The van der Waals surface area contributed by atoms with Crippen LogP contribution in [0.5, 0.6) is 0 Å². The molecule has 3 atom stereocenters. The van der Waals surface area contributed by atoms with Crippen LogP contribution in [0.4, 0.5) is 5.69 Å². The summed E-state index contributed by atoms with van der Waals surface area (Å²) >= 11 is 0. The molecule has 6 aromatic rings. The molecular formula is C52H46N2OSi. The lowest BCUT2D eigenvalue weighted by Crippen LogP contribution is -2.68. The van der Waals surface area contributed by atoms with Gasteiger partial charge in [0.15, 0.2) is 8.07 Å². The van der Waals surface area contributed by atoms with Crippen molar-refractivity contribution in [1.82, 2.24) is 0 Å². The Kier molecular flexibility index (Phi) is 9.36. The first-order valence-corrected chi connectivity index (χ1v) is 21.7. The van der Waals surface area contributed by atoms with Crippen LogP contribution in [0.1, 0.15) is 48.6 Å². The second-order valence-electron chi connectivity index (χ2n) is 15.5. The Bertz CT molecular complexity index is 2540. The Labute approximate surface area is 331 Å². The summed E-state index contributed by atoms with van der Waals surface area (Å²) in [6, 6.07) is 52.5. The van der Waals surface area contributed by atoms with E-state index in [1.165, 1.54) is 31.5 Å². The first-order valence-electron chi connectivity index (χ1n) is 19.7. The number of hydrogen-bond acceptors (Lipinski definition) is 3. The molecule has 9 rings (SSSR count). The quantitative estimate of drug-likeness (QED) is 0.0889. The SMILES string of the molecule is C=C1/C=C([Si](c2ccccc2)(c2ccccc2)c2ccccc2)\C=C/N(c2cccc(C/N=C/c3ccccc3)c2)C2(C)C=c3c4c(oc3=CC12)C(C)CC=C4. The molecule has 0 saturated heterocycles. The normalized spacial score (nSPS) is 21.7. The van der Waals surface area contributed by atoms with Crippen LogP contribution < -0.4 is 31.1 Å². The van der Waals surface area contributed by atoms with Crippen LogP contribution in [0.25, 0.3) is 18.2 Å². The van der Waals surface area contributed by atoms with Gasteiger partial charge in [0, 0.05) is 40.7 Å². The van der Waals surface area contributed by atoms with Gasteiger partial charge in [-0.2, -0.15) is 0 Å². The molecule has 1 aliphatic heterocycles. The molecule has 3 nitrogen and oxygen atoms in total. The maximum atomic E-state index is 6.75. The molecule has 1 aromatic heterocycles. The van der Waals surface area contributed by atoms with E-state index in [0.29, 0.717) is 12.5 Å². The van der Waals surface area contributed by atoms with Gasteiger partial charge in [0.1, 0.15) is 11.2 Å². The minimum absolute atomic E-state index is 0.0874. The molecule has 0 spiro atoms. The lowest BCUT2D eigenvalue weighted by Gasteiger charge is -2.46. The number of hydrogen-bond donors (Lipinski definition) is 0. The van der Waals surface area contributed by atoms with Crippen molar-refractivity contribution in [2.45, 2.75) is 38.3 Å². The summed E-state index contributed by atoms with van der Waals surface area (Å²) in [5.41, 5.74) is 6.06. The van der Waals surface area contributed by atoms with E-state index < -0.39 is 13.6 Å². The van der Waals surface area contributed by atoms with Gasteiger partial charge >= 0.3 is 0 Å². The Morgan fingerprint density at radius 1 is 0.804 bits per heavy atom. The molecule has 0 fully saturated rings. The van der Waals surface area contributed by atoms with Gasteiger partial charge < -0.3 is 9.32 Å². The van der Waals surface area contributed by atoms with Crippen molar-refractivity contribution in [3.8, 4) is 0 Å². The average molecular weight is 743 g/mol. The Morgan fingerprint density at radius 2 is 1.43 bits per heavy atom. The number of rotatable bonds is 8. The number of furan rings is 1. The average Bonchev–Trinajstić information content (AvgIpc) is 3.60. The molecule has 0 N–H and O–H groups in total. The second kappa shape index (κ2) is 14.8. The molecule has 0 radical (unpaired) electrons. The molecule has 5 aromatic carbocycles. The van der Waals surface area contributed by atoms with Crippen molar-refractivity contribution < 1.29 is 4.42 Å². The van der Waals surface area contributed by atoms with E-state index in [1.807, 2.05) is 24.4 Å². The zero-order chi connectivity index (χ0) is 38.1. The number of allylic oxidation sites excluding steroid dienone is 4. The molecule has 0 amide bonds. The van der Waals surface area contributed by atoms with Gasteiger partial charge in [-0.3, -0.25) is 4.99 Å². The molecule has 0 saturated carbocycles. The fourth-order valence-electron chi connectivity index (χ4n) is 9.12. The molecular weight excluding hydrogens is 697 g/mol. The summed E-state index contributed by atoms with van der Waals surface area (Å²) in [6.07, 6.45) is 19.4. The summed E-state index contributed by atoms with van der Waals surface area (Å²) in [5.74, 6) is 1.32. The molecule has 2 aliphatic carbocycles. The van der Waals surface area contributed by atoms with Gasteiger partial charge in [0.25, 0.3) is 0 Å². The van der Waals surface area contributed by atoms with Crippen molar-refractivity contribution in [3.05, 3.63) is 220 Å². The zero-order valence-electron chi connectivity index (χ0n) is 32.1. The highest BCUT2D eigenvalue weighted by atomic mass is 28.3. The predicted octanol–water partition coefficient (Wildman–Crippen LogP) is 8.59. The van der Waals surface area contributed by atoms with Crippen molar-refractivity contribution in [1.29, 1.82) is 0 Å². The summed E-state index contributed by atoms with van der Waals surface area (Å²) in [7, 11) is -2.87. The van der Waals surface area contributed by atoms with Crippen molar-refractivity contribution >= 4 is 53.8 Å². The first-order chi connectivity index (χ1) is 27.4. The molecule has 56 heavy (non-hydrogen) atoms. The van der Waals surface area contributed by atoms with Crippen LogP contribution in [0.15, 0.2) is 197 Å². The fourth-order valence-corrected chi connectivity index (χ4v) is 13.9. The number of nitrogens with zero attached hydrogens (tertiary/aromatic N) is 2. The van der Waals surface area contributed by atoms with Crippen LogP contribution in [-0.4, -0.2) is 19.8 Å². The third-order valence-electron chi connectivity index (χ3n) is 11.9. The maximum Gasteiger partial charge on any atom is 0.179 e. The molecule has 4 heteroatoms. The monoisotopic (exact) mass is 742 g/mol. The third-order valence-corrected chi connectivity index (χ3v) is 16.6. The van der Waals surface area contributed by atoms with Crippen molar-refractivity contribution in [2.75, 3.05) is 4.90 Å². The van der Waals surface area contributed by atoms with Crippen molar-refractivity contribution in [3.63, 3.8) is 0 Å². The first kappa shape index (κ1) is 35.5. The number of aliphatic imine (C=N–C) groups is 1. The van der Waals surface area contributed by atoms with Crippen LogP contribution >= 0.6 is 0 Å². The minimum Gasteiger partial charge on any atom is -0.460 e. The zero-order valence-corrected chi connectivity index (χ0v) is 33.1.